The number of carbonyl (C=O) groups is 2. The molecule has 0 aliphatic heterocycles. The first-order chi connectivity index (χ1) is 19.9. The van der Waals surface area contributed by atoms with Crippen molar-refractivity contribution >= 4 is 35.0 Å². The zero-order valence-electron chi connectivity index (χ0n) is 24.7. The van der Waals surface area contributed by atoms with Crippen LogP contribution in [0, 0.1) is 0 Å². The number of hydrogen-bond donors (Lipinski definition) is 3. The molecule has 0 saturated heterocycles. The fraction of sp³-hybridized carbons (Fsp3) is 0.552. The third-order valence-corrected chi connectivity index (χ3v) is 7.80. The summed E-state index contributed by atoms with van der Waals surface area (Å²) in [5.41, 5.74) is -0.395. The third-order valence-electron chi connectivity index (χ3n) is 7.80. The Morgan fingerprint density at radius 1 is 1.19 bits per heavy atom. The number of carbonyl (C=O) groups excluding carboxylic acids is 2. The molecule has 2 amide bonds. The second-order valence-electron chi connectivity index (χ2n) is 12.0. The van der Waals surface area contributed by atoms with E-state index >= 15 is 0 Å². The molecule has 13 nitrogen and oxygen atoms in total. The number of rotatable bonds is 7. The molecule has 0 spiro atoms. The van der Waals surface area contributed by atoms with Crippen LogP contribution in [0.5, 0.6) is 0 Å². The highest BCUT2D eigenvalue weighted by Gasteiger charge is 2.30. The lowest BCUT2D eigenvalue weighted by atomic mass is 10.2. The fourth-order valence-electron chi connectivity index (χ4n) is 5.63. The van der Waals surface area contributed by atoms with E-state index < -0.39 is 17.8 Å². The minimum atomic E-state index is -0.741. The molecule has 2 aliphatic carbocycles. The molecule has 226 valence electrons. The predicted octanol–water partition coefficient (Wildman–Crippen LogP) is 3.39. The molecular weight excluding hydrogens is 542 g/mol. The molecule has 1 unspecified atom stereocenters. The van der Waals surface area contributed by atoms with Gasteiger partial charge >= 0.3 is 6.09 Å². The topological polar surface area (TPSA) is 152 Å². The summed E-state index contributed by atoms with van der Waals surface area (Å²) in [5.74, 6) is 0.155. The molecule has 3 aromatic rings. The lowest BCUT2D eigenvalue weighted by molar-refractivity contribution is 0.0587. The quantitative estimate of drug-likeness (QED) is 0.381. The Hall–Kier alpha value is -3.97. The summed E-state index contributed by atoms with van der Waals surface area (Å²) in [5, 5.41) is 20.9. The summed E-state index contributed by atoms with van der Waals surface area (Å²) < 4.78 is 13.9. The number of nitrogens with zero attached hydrogens (tertiary/aromatic N) is 5. The normalized spacial score (nSPS) is 22.3. The van der Waals surface area contributed by atoms with Crippen LogP contribution in [0.15, 0.2) is 35.4 Å². The molecule has 5 rings (SSSR count). The maximum Gasteiger partial charge on any atom is 0.415 e. The van der Waals surface area contributed by atoms with Crippen molar-refractivity contribution in [3.05, 3.63) is 46.5 Å². The van der Waals surface area contributed by atoms with Crippen LogP contribution in [0.25, 0.3) is 5.65 Å². The molecule has 4 atom stereocenters. The summed E-state index contributed by atoms with van der Waals surface area (Å²) >= 11 is 0. The number of fused-ring (bicyclic) bond motifs is 1. The summed E-state index contributed by atoms with van der Waals surface area (Å²) in [6.07, 6.45) is 6.53. The van der Waals surface area contributed by atoms with E-state index in [4.69, 9.17) is 9.47 Å². The molecule has 2 saturated carbocycles. The van der Waals surface area contributed by atoms with Gasteiger partial charge in [-0.2, -0.15) is 9.61 Å². The Balaban J connectivity index is 1.52. The molecule has 0 radical (unpaired) electrons. The molecule has 2 aliphatic rings. The highest BCUT2D eigenvalue weighted by atomic mass is 16.6. The number of amides is 2. The predicted molar refractivity (Wildman–Crippen MR) is 156 cm³/mol. The maximum absolute atomic E-state index is 13.4. The molecule has 2 fully saturated rings. The zero-order chi connectivity index (χ0) is 30.2. The van der Waals surface area contributed by atoms with E-state index in [9.17, 15) is 19.5 Å². The molecule has 3 N–H and O–H groups in total. The average molecular weight is 582 g/mol. The van der Waals surface area contributed by atoms with Crippen molar-refractivity contribution in [3.8, 4) is 0 Å². The second kappa shape index (κ2) is 11.7. The number of anilines is 3. The SMILES string of the molecule is CO[C@H]1CCC(NC(=O)c2cnn3c(N(C)C(=O)OC(C)(C)C)cc(Nc4cccn([C@@H]5CCC[C@@H]5O)c4=O)nc23)C1. The summed E-state index contributed by atoms with van der Waals surface area (Å²) in [6, 6.07) is 4.57. The van der Waals surface area contributed by atoms with E-state index in [1.54, 1.807) is 56.8 Å². The number of nitrogens with one attached hydrogen (secondary N) is 2. The van der Waals surface area contributed by atoms with Crippen molar-refractivity contribution in [2.24, 2.45) is 0 Å². The summed E-state index contributed by atoms with van der Waals surface area (Å²) in [7, 11) is 3.20. The Bertz CT molecular complexity index is 1530. The highest BCUT2D eigenvalue weighted by Crippen LogP contribution is 2.30. The molecular formula is C29H39N7O6. The van der Waals surface area contributed by atoms with Crippen LogP contribution in [-0.4, -0.2) is 74.3 Å². The fourth-order valence-corrected chi connectivity index (χ4v) is 5.63. The van der Waals surface area contributed by atoms with Crippen LogP contribution in [0.2, 0.25) is 0 Å². The van der Waals surface area contributed by atoms with Gasteiger partial charge in [0.15, 0.2) is 5.65 Å². The number of methoxy groups -OCH3 is 1. The van der Waals surface area contributed by atoms with E-state index in [2.05, 4.69) is 20.7 Å². The van der Waals surface area contributed by atoms with Crippen LogP contribution < -0.4 is 21.1 Å². The third kappa shape index (κ3) is 6.12. The van der Waals surface area contributed by atoms with Gasteiger partial charge in [0, 0.05) is 32.5 Å². The second-order valence-corrected chi connectivity index (χ2v) is 12.0. The number of aliphatic hydroxyl groups is 1. The van der Waals surface area contributed by atoms with Gasteiger partial charge in [0.1, 0.15) is 28.5 Å². The molecule has 0 bridgehead atoms. The first-order valence-corrected chi connectivity index (χ1v) is 14.3. The summed E-state index contributed by atoms with van der Waals surface area (Å²) in [4.78, 5) is 45.7. The standard InChI is InChI=1S/C29H39N7O6/c1-29(2,3)42-28(40)34(4)24-15-23(32-20-8-7-13-35(27(20)39)21-9-6-10-22(21)37)33-25-19(16-30-36(24)25)26(38)31-17-11-12-18(14-17)41-5/h7-8,13,15-18,21-22,37H,6,9-12,14H2,1-5H3,(H,31,38)(H,32,33)/t17?,18-,21+,22-/m0/s1. The van der Waals surface area contributed by atoms with Gasteiger partial charge in [-0.25, -0.2) is 9.78 Å². The van der Waals surface area contributed by atoms with Crippen molar-refractivity contribution < 1.29 is 24.2 Å². The summed E-state index contributed by atoms with van der Waals surface area (Å²) in [6.45, 7) is 5.30. The lowest BCUT2D eigenvalue weighted by Crippen LogP contribution is -2.35. The van der Waals surface area contributed by atoms with Gasteiger partial charge in [-0.1, -0.05) is 0 Å². The van der Waals surface area contributed by atoms with Crippen LogP contribution >= 0.6 is 0 Å². The van der Waals surface area contributed by atoms with Crippen molar-refractivity contribution in [1.82, 2.24) is 24.5 Å². The monoisotopic (exact) mass is 581 g/mol. The van der Waals surface area contributed by atoms with Crippen LogP contribution in [0.1, 0.15) is 75.7 Å². The zero-order valence-corrected chi connectivity index (χ0v) is 24.7. The van der Waals surface area contributed by atoms with Gasteiger partial charge in [-0.05, 0) is 71.4 Å². The van der Waals surface area contributed by atoms with Crippen LogP contribution in [0.3, 0.4) is 0 Å². The molecule has 3 heterocycles. The van der Waals surface area contributed by atoms with Gasteiger partial charge in [0.25, 0.3) is 11.5 Å². The highest BCUT2D eigenvalue weighted by molar-refractivity contribution is 6.00. The first kappa shape index (κ1) is 29.5. The minimum Gasteiger partial charge on any atom is -0.443 e. The van der Waals surface area contributed by atoms with E-state index in [0.29, 0.717) is 19.3 Å². The van der Waals surface area contributed by atoms with E-state index in [1.165, 1.54) is 22.7 Å². The Kier molecular flexibility index (Phi) is 8.24. The molecule has 42 heavy (non-hydrogen) atoms. The average Bonchev–Trinajstić information content (AvgIpc) is 3.68. The van der Waals surface area contributed by atoms with Crippen molar-refractivity contribution in [2.75, 3.05) is 24.4 Å². The van der Waals surface area contributed by atoms with Gasteiger partial charge in [-0.15, -0.1) is 0 Å². The number of pyridine rings is 1. The largest absolute Gasteiger partial charge is 0.443 e. The first-order valence-electron chi connectivity index (χ1n) is 14.3. The molecule has 3 aromatic heterocycles. The lowest BCUT2D eigenvalue weighted by Gasteiger charge is -2.25. The number of ether oxygens (including phenoxy) is 2. The molecule has 13 heteroatoms. The van der Waals surface area contributed by atoms with Crippen LogP contribution in [-0.2, 0) is 9.47 Å². The van der Waals surface area contributed by atoms with Gasteiger partial charge in [-0.3, -0.25) is 14.5 Å². The smallest absolute Gasteiger partial charge is 0.415 e. The Morgan fingerprint density at radius 3 is 2.64 bits per heavy atom. The van der Waals surface area contributed by atoms with Crippen LogP contribution in [0.4, 0.5) is 22.1 Å². The minimum absolute atomic E-state index is 0.0451. The molecule has 0 aromatic carbocycles. The number of aromatic nitrogens is 4. The van der Waals surface area contributed by atoms with Crippen molar-refractivity contribution in [2.45, 2.75) is 89.2 Å². The van der Waals surface area contributed by atoms with Crippen molar-refractivity contribution in [1.29, 1.82) is 0 Å². The van der Waals surface area contributed by atoms with Gasteiger partial charge in [0.05, 0.1) is 24.4 Å². The van der Waals surface area contributed by atoms with Crippen molar-refractivity contribution in [3.63, 3.8) is 0 Å². The number of aliphatic hydroxyl groups excluding tert-OH is 1. The van der Waals surface area contributed by atoms with Gasteiger partial charge in [0.2, 0.25) is 0 Å². The van der Waals surface area contributed by atoms with E-state index in [0.717, 1.165) is 19.3 Å². The Labute approximate surface area is 243 Å². The number of hydrogen-bond acceptors (Lipinski definition) is 9. The maximum atomic E-state index is 13.4. The van der Waals surface area contributed by atoms with E-state index in [1.807, 2.05) is 0 Å². The Morgan fingerprint density at radius 2 is 1.98 bits per heavy atom. The van der Waals surface area contributed by atoms with Gasteiger partial charge < -0.3 is 29.8 Å². The van der Waals surface area contributed by atoms with E-state index in [-0.39, 0.29) is 58.2 Å².